The molecule has 1 aromatic rings. The van der Waals surface area contributed by atoms with Gasteiger partial charge in [-0.15, -0.1) is 0 Å². The fourth-order valence-corrected chi connectivity index (χ4v) is 2.42. The van der Waals surface area contributed by atoms with Crippen molar-refractivity contribution in [2.75, 3.05) is 32.5 Å². The first kappa shape index (κ1) is 13.9. The minimum absolute atomic E-state index is 0.511. The number of hydrogen-bond acceptors (Lipinski definition) is 2. The summed E-state index contributed by atoms with van der Waals surface area (Å²) in [5, 5.41) is 3.17. The Bertz CT molecular complexity index is 451. The Balaban J connectivity index is 1.84. The van der Waals surface area contributed by atoms with Crippen LogP contribution in [0, 0.1) is 0 Å². The minimum Gasteiger partial charge on any atom is -0.370 e. The van der Waals surface area contributed by atoms with Gasteiger partial charge in [0.1, 0.15) is 0 Å². The maximum Gasteiger partial charge on any atom is 0.193 e. The zero-order chi connectivity index (χ0) is 13.7. The predicted octanol–water partition coefficient (Wildman–Crippen LogP) is 1.85. The van der Waals surface area contributed by atoms with Crippen LogP contribution in [0.5, 0.6) is 0 Å². The van der Waals surface area contributed by atoms with Gasteiger partial charge in [-0.05, 0) is 69.6 Å². The third kappa shape index (κ3) is 4.24. The average molecular weight is 260 g/mol. The van der Waals surface area contributed by atoms with Gasteiger partial charge in [-0.1, -0.05) is 6.07 Å². The van der Waals surface area contributed by atoms with Crippen molar-refractivity contribution in [3.63, 3.8) is 0 Å². The van der Waals surface area contributed by atoms with Gasteiger partial charge in [0.25, 0.3) is 0 Å². The Morgan fingerprint density at radius 1 is 1.32 bits per heavy atom. The smallest absolute Gasteiger partial charge is 0.193 e. The normalized spacial score (nSPS) is 14.8. The van der Waals surface area contributed by atoms with Gasteiger partial charge in [-0.2, -0.15) is 0 Å². The molecule has 1 aromatic carbocycles. The second-order valence-corrected chi connectivity index (χ2v) is 5.39. The molecule has 0 aliphatic heterocycles. The van der Waals surface area contributed by atoms with Crippen LogP contribution in [-0.4, -0.2) is 38.0 Å². The highest BCUT2D eigenvalue weighted by atomic mass is 15.1. The summed E-state index contributed by atoms with van der Waals surface area (Å²) in [7, 11) is 4.13. The number of anilines is 1. The van der Waals surface area contributed by atoms with Crippen LogP contribution >= 0.6 is 0 Å². The van der Waals surface area contributed by atoms with Gasteiger partial charge in [0.15, 0.2) is 5.96 Å². The molecule has 0 unspecified atom stereocenters. The monoisotopic (exact) mass is 260 g/mol. The summed E-state index contributed by atoms with van der Waals surface area (Å²) in [6.07, 6.45) is 4.70. The van der Waals surface area contributed by atoms with Crippen LogP contribution < -0.4 is 11.1 Å². The number of nitrogens with one attached hydrogen (secondary N) is 1. The maximum absolute atomic E-state index is 5.89. The molecule has 4 nitrogen and oxygen atoms in total. The second kappa shape index (κ2) is 6.57. The number of rotatable bonds is 5. The molecule has 0 atom stereocenters. The van der Waals surface area contributed by atoms with Gasteiger partial charge in [0.2, 0.25) is 0 Å². The zero-order valence-corrected chi connectivity index (χ0v) is 11.9. The van der Waals surface area contributed by atoms with E-state index in [2.05, 4.69) is 47.5 Å². The number of aryl methyl sites for hydroxylation is 2. The van der Waals surface area contributed by atoms with Crippen molar-refractivity contribution in [3.8, 4) is 0 Å². The van der Waals surface area contributed by atoms with Crippen LogP contribution in [0.1, 0.15) is 24.0 Å². The van der Waals surface area contributed by atoms with Crippen LogP contribution in [0.3, 0.4) is 0 Å². The molecule has 1 aliphatic rings. The number of nitrogens with zero attached hydrogens (tertiary/aromatic N) is 2. The SMILES string of the molecule is CN(C)CCCN=C(N)Nc1ccc2c(c1)CCC2. The number of guanidine groups is 1. The Hall–Kier alpha value is -1.55. The third-order valence-electron chi connectivity index (χ3n) is 3.42. The lowest BCUT2D eigenvalue weighted by atomic mass is 10.1. The molecule has 0 bridgehead atoms. The van der Waals surface area contributed by atoms with Gasteiger partial charge >= 0.3 is 0 Å². The van der Waals surface area contributed by atoms with Crippen molar-refractivity contribution in [2.45, 2.75) is 25.7 Å². The van der Waals surface area contributed by atoms with E-state index in [0.29, 0.717) is 5.96 Å². The van der Waals surface area contributed by atoms with Crippen LogP contribution in [0.4, 0.5) is 5.69 Å². The molecule has 104 valence electrons. The largest absolute Gasteiger partial charge is 0.370 e. The van der Waals surface area contributed by atoms with E-state index in [9.17, 15) is 0 Å². The summed E-state index contributed by atoms with van der Waals surface area (Å²) in [6.45, 7) is 1.80. The molecule has 0 heterocycles. The summed E-state index contributed by atoms with van der Waals surface area (Å²) in [5.74, 6) is 0.511. The second-order valence-electron chi connectivity index (χ2n) is 5.39. The highest BCUT2D eigenvalue weighted by molar-refractivity contribution is 5.92. The van der Waals surface area contributed by atoms with Crippen molar-refractivity contribution in [3.05, 3.63) is 29.3 Å². The maximum atomic E-state index is 5.89. The average Bonchev–Trinajstić information content (AvgIpc) is 2.82. The van der Waals surface area contributed by atoms with E-state index < -0.39 is 0 Å². The van der Waals surface area contributed by atoms with Gasteiger partial charge in [-0.3, -0.25) is 4.99 Å². The van der Waals surface area contributed by atoms with Crippen molar-refractivity contribution in [1.82, 2.24) is 4.90 Å². The van der Waals surface area contributed by atoms with E-state index in [-0.39, 0.29) is 0 Å². The zero-order valence-electron chi connectivity index (χ0n) is 11.9. The lowest BCUT2D eigenvalue weighted by Gasteiger charge is -2.09. The standard InChI is InChI=1S/C15H24N4/c1-19(2)10-4-9-17-15(16)18-14-8-7-12-5-3-6-13(12)11-14/h7-8,11H,3-6,9-10H2,1-2H3,(H3,16,17,18). The lowest BCUT2D eigenvalue weighted by Crippen LogP contribution is -2.23. The third-order valence-corrected chi connectivity index (χ3v) is 3.42. The molecule has 0 saturated carbocycles. The highest BCUT2D eigenvalue weighted by Crippen LogP contribution is 2.24. The number of benzene rings is 1. The molecular weight excluding hydrogens is 236 g/mol. The Morgan fingerprint density at radius 3 is 2.89 bits per heavy atom. The fraction of sp³-hybridized carbons (Fsp3) is 0.533. The highest BCUT2D eigenvalue weighted by Gasteiger charge is 2.10. The minimum atomic E-state index is 0.511. The molecule has 0 spiro atoms. The fourth-order valence-electron chi connectivity index (χ4n) is 2.42. The molecule has 0 aromatic heterocycles. The summed E-state index contributed by atoms with van der Waals surface area (Å²) in [5.41, 5.74) is 9.87. The van der Waals surface area contributed by atoms with E-state index in [0.717, 1.165) is 25.2 Å². The van der Waals surface area contributed by atoms with Crippen LogP contribution in [0.15, 0.2) is 23.2 Å². The summed E-state index contributed by atoms with van der Waals surface area (Å²) in [6, 6.07) is 6.49. The van der Waals surface area contributed by atoms with Crippen LogP contribution in [-0.2, 0) is 12.8 Å². The van der Waals surface area contributed by atoms with E-state index in [4.69, 9.17) is 5.73 Å². The number of hydrogen-bond donors (Lipinski definition) is 2. The molecule has 19 heavy (non-hydrogen) atoms. The number of nitrogens with two attached hydrogens (primary N) is 1. The van der Waals surface area contributed by atoms with E-state index in [1.165, 1.54) is 30.4 Å². The number of fused-ring (bicyclic) bond motifs is 1. The van der Waals surface area contributed by atoms with E-state index in [1.807, 2.05) is 0 Å². The van der Waals surface area contributed by atoms with E-state index >= 15 is 0 Å². The van der Waals surface area contributed by atoms with Crippen molar-refractivity contribution in [2.24, 2.45) is 10.7 Å². The van der Waals surface area contributed by atoms with Crippen molar-refractivity contribution >= 4 is 11.6 Å². The quantitative estimate of drug-likeness (QED) is 0.482. The van der Waals surface area contributed by atoms with Gasteiger partial charge in [0.05, 0.1) is 0 Å². The predicted molar refractivity (Wildman–Crippen MR) is 81.8 cm³/mol. The summed E-state index contributed by atoms with van der Waals surface area (Å²) in [4.78, 5) is 6.49. The van der Waals surface area contributed by atoms with Gasteiger partial charge in [0, 0.05) is 12.2 Å². The van der Waals surface area contributed by atoms with Crippen molar-refractivity contribution in [1.29, 1.82) is 0 Å². The number of aliphatic imine (C=N–C) groups is 1. The Kier molecular flexibility index (Phi) is 4.80. The van der Waals surface area contributed by atoms with Gasteiger partial charge < -0.3 is 16.0 Å². The molecule has 4 heteroatoms. The first-order valence-electron chi connectivity index (χ1n) is 6.98. The first-order valence-corrected chi connectivity index (χ1v) is 6.98. The molecular formula is C15H24N4. The molecule has 0 radical (unpaired) electrons. The first-order chi connectivity index (χ1) is 9.15. The molecule has 2 rings (SSSR count). The van der Waals surface area contributed by atoms with Gasteiger partial charge in [-0.25, -0.2) is 0 Å². The summed E-state index contributed by atoms with van der Waals surface area (Å²) < 4.78 is 0. The molecule has 1 aliphatic carbocycles. The Morgan fingerprint density at radius 2 is 2.11 bits per heavy atom. The molecule has 0 fully saturated rings. The Labute approximate surface area is 115 Å². The van der Waals surface area contributed by atoms with Crippen molar-refractivity contribution < 1.29 is 0 Å². The molecule has 0 saturated heterocycles. The topological polar surface area (TPSA) is 53.6 Å². The van der Waals surface area contributed by atoms with Crippen LogP contribution in [0.2, 0.25) is 0 Å². The summed E-state index contributed by atoms with van der Waals surface area (Å²) >= 11 is 0. The lowest BCUT2D eigenvalue weighted by molar-refractivity contribution is 0.403. The molecule has 3 N–H and O–H groups in total. The van der Waals surface area contributed by atoms with Crippen LogP contribution in [0.25, 0.3) is 0 Å². The molecule has 0 amide bonds. The van der Waals surface area contributed by atoms with E-state index in [1.54, 1.807) is 0 Å².